The number of rotatable bonds is 3. The maximum absolute atomic E-state index is 10.9. The Morgan fingerprint density at radius 1 is 1.58 bits per heavy atom. The van der Waals surface area contributed by atoms with Crippen LogP contribution in [0, 0.1) is 0 Å². The molecule has 1 fully saturated rings. The van der Waals surface area contributed by atoms with Crippen molar-refractivity contribution in [1.29, 1.82) is 0 Å². The first-order valence-electron chi connectivity index (χ1n) is 3.52. The van der Waals surface area contributed by atoms with Gasteiger partial charge in [0.25, 0.3) is 0 Å². The molecule has 70 valence electrons. The van der Waals surface area contributed by atoms with Crippen LogP contribution in [0.4, 0.5) is 0 Å². The van der Waals surface area contributed by atoms with Gasteiger partial charge in [0.15, 0.2) is 9.84 Å². The van der Waals surface area contributed by atoms with Crippen LogP contribution in [0.15, 0.2) is 0 Å². The van der Waals surface area contributed by atoms with E-state index in [0.29, 0.717) is 13.2 Å². The van der Waals surface area contributed by atoms with Gasteiger partial charge in [-0.15, -0.1) is 0 Å². The van der Waals surface area contributed by atoms with E-state index in [9.17, 15) is 13.2 Å². The van der Waals surface area contributed by atoms with Gasteiger partial charge in [0.1, 0.15) is 5.75 Å². The molecule has 0 saturated carbocycles. The van der Waals surface area contributed by atoms with Crippen molar-refractivity contribution in [3.63, 3.8) is 0 Å². The molecule has 1 N–H and O–H groups in total. The van der Waals surface area contributed by atoms with E-state index in [1.54, 1.807) is 0 Å². The molecule has 0 aliphatic carbocycles. The number of amides is 1. The van der Waals surface area contributed by atoms with Crippen molar-refractivity contribution in [3.8, 4) is 0 Å². The van der Waals surface area contributed by atoms with E-state index >= 15 is 0 Å². The smallest absolute Gasteiger partial charge is 0.235 e. The molecule has 0 aromatic carbocycles. The largest absolute Gasteiger partial charge is 0.377 e. The average Bonchev–Trinajstić information content (AvgIpc) is 1.74. The quantitative estimate of drug-likeness (QED) is 0.595. The van der Waals surface area contributed by atoms with E-state index in [1.165, 1.54) is 0 Å². The topological polar surface area (TPSA) is 72.5 Å². The van der Waals surface area contributed by atoms with Crippen LogP contribution in [0.25, 0.3) is 0 Å². The fraction of sp³-hybridized carbons (Fsp3) is 0.833. The van der Waals surface area contributed by atoms with Gasteiger partial charge in [-0.05, 0) is 0 Å². The molecule has 1 aliphatic heterocycles. The predicted octanol–water partition coefficient (Wildman–Crippen LogP) is -1.45. The number of ether oxygens (including phenoxy) is 1. The fourth-order valence-electron chi connectivity index (χ4n) is 0.827. The van der Waals surface area contributed by atoms with Gasteiger partial charge in [0, 0.05) is 6.26 Å². The molecule has 0 aromatic rings. The Morgan fingerprint density at radius 3 is 2.50 bits per heavy atom. The standard InChI is InChI=1S/C6H11NO4S/c1-12(9,10)4-6(8)7-5-2-11-3-5/h5H,2-4H2,1H3,(H,7,8). The summed E-state index contributed by atoms with van der Waals surface area (Å²) in [5.41, 5.74) is 0. The molecule has 0 atom stereocenters. The highest BCUT2D eigenvalue weighted by Crippen LogP contribution is 1.99. The van der Waals surface area contributed by atoms with E-state index in [0.717, 1.165) is 6.26 Å². The first kappa shape index (κ1) is 9.47. The molecule has 0 spiro atoms. The molecular weight excluding hydrogens is 182 g/mol. The normalized spacial score (nSPS) is 18.4. The highest BCUT2D eigenvalue weighted by molar-refractivity contribution is 7.91. The first-order valence-corrected chi connectivity index (χ1v) is 5.58. The van der Waals surface area contributed by atoms with E-state index < -0.39 is 21.5 Å². The molecular formula is C6H11NO4S. The lowest BCUT2D eigenvalue weighted by Crippen LogP contribution is -2.50. The van der Waals surface area contributed by atoms with Crippen molar-refractivity contribution in [2.45, 2.75) is 6.04 Å². The van der Waals surface area contributed by atoms with E-state index in [-0.39, 0.29) is 6.04 Å². The van der Waals surface area contributed by atoms with Gasteiger partial charge in [0.2, 0.25) is 5.91 Å². The monoisotopic (exact) mass is 193 g/mol. The van der Waals surface area contributed by atoms with Crippen LogP contribution < -0.4 is 5.32 Å². The van der Waals surface area contributed by atoms with Gasteiger partial charge < -0.3 is 10.1 Å². The SMILES string of the molecule is CS(=O)(=O)CC(=O)NC1COC1. The summed E-state index contributed by atoms with van der Waals surface area (Å²) in [7, 11) is -3.21. The third kappa shape index (κ3) is 3.19. The first-order chi connectivity index (χ1) is 5.47. The molecule has 12 heavy (non-hydrogen) atoms. The number of carbonyl (C=O) groups excluding carboxylic acids is 1. The number of sulfone groups is 1. The lowest BCUT2D eigenvalue weighted by molar-refractivity contribution is -0.122. The molecule has 1 amide bonds. The van der Waals surface area contributed by atoms with Crippen molar-refractivity contribution in [2.24, 2.45) is 0 Å². The zero-order valence-electron chi connectivity index (χ0n) is 6.74. The maximum Gasteiger partial charge on any atom is 0.235 e. The van der Waals surface area contributed by atoms with Crippen LogP contribution in [0.1, 0.15) is 0 Å². The van der Waals surface area contributed by atoms with Crippen LogP contribution in [0.3, 0.4) is 0 Å². The third-order valence-corrected chi connectivity index (χ3v) is 2.18. The van der Waals surface area contributed by atoms with E-state index in [4.69, 9.17) is 4.74 Å². The second-order valence-corrected chi connectivity index (χ2v) is 5.01. The minimum absolute atomic E-state index is 0.000694. The summed E-state index contributed by atoms with van der Waals surface area (Å²) in [6.45, 7) is 0.963. The van der Waals surface area contributed by atoms with Crippen molar-refractivity contribution < 1.29 is 17.9 Å². The summed E-state index contributed by atoms with van der Waals surface area (Å²) >= 11 is 0. The number of nitrogens with one attached hydrogen (secondary N) is 1. The average molecular weight is 193 g/mol. The third-order valence-electron chi connectivity index (χ3n) is 1.40. The van der Waals surface area contributed by atoms with Gasteiger partial charge >= 0.3 is 0 Å². The highest BCUT2D eigenvalue weighted by atomic mass is 32.2. The van der Waals surface area contributed by atoms with Gasteiger partial charge in [0.05, 0.1) is 19.3 Å². The molecule has 1 saturated heterocycles. The molecule has 0 unspecified atom stereocenters. The highest BCUT2D eigenvalue weighted by Gasteiger charge is 2.21. The second kappa shape index (κ2) is 3.40. The van der Waals surface area contributed by atoms with Gasteiger partial charge in [-0.1, -0.05) is 0 Å². The Kier molecular flexibility index (Phi) is 2.69. The Bertz CT molecular complexity index is 267. The Labute approximate surface area is 71.0 Å². The summed E-state index contributed by atoms with van der Waals surface area (Å²) in [4.78, 5) is 10.9. The van der Waals surface area contributed by atoms with Crippen molar-refractivity contribution >= 4 is 15.7 Å². The van der Waals surface area contributed by atoms with Crippen LogP contribution in [-0.4, -0.2) is 45.6 Å². The molecule has 0 radical (unpaired) electrons. The Morgan fingerprint density at radius 2 is 2.17 bits per heavy atom. The lowest BCUT2D eigenvalue weighted by atomic mass is 10.2. The number of carbonyl (C=O) groups is 1. The molecule has 6 heteroatoms. The van der Waals surface area contributed by atoms with Crippen molar-refractivity contribution in [1.82, 2.24) is 5.32 Å². The fourth-order valence-corrected chi connectivity index (χ4v) is 1.39. The van der Waals surface area contributed by atoms with Crippen molar-refractivity contribution in [3.05, 3.63) is 0 Å². The summed E-state index contributed by atoms with van der Waals surface area (Å²) in [6.07, 6.45) is 1.03. The Balaban J connectivity index is 2.29. The molecule has 1 aliphatic rings. The minimum atomic E-state index is -3.21. The van der Waals surface area contributed by atoms with Gasteiger partial charge in [-0.2, -0.15) is 0 Å². The van der Waals surface area contributed by atoms with Crippen LogP contribution in [0.2, 0.25) is 0 Å². The second-order valence-electron chi connectivity index (χ2n) is 2.87. The number of hydrogen-bond donors (Lipinski definition) is 1. The molecule has 1 heterocycles. The van der Waals surface area contributed by atoms with E-state index in [1.807, 2.05) is 0 Å². The summed E-state index contributed by atoms with van der Waals surface area (Å²) < 4.78 is 26.1. The molecule has 1 rings (SSSR count). The zero-order chi connectivity index (χ0) is 9.19. The minimum Gasteiger partial charge on any atom is -0.377 e. The molecule has 5 nitrogen and oxygen atoms in total. The predicted molar refractivity (Wildman–Crippen MR) is 42.5 cm³/mol. The molecule has 0 aromatic heterocycles. The van der Waals surface area contributed by atoms with Crippen LogP contribution >= 0.6 is 0 Å². The van der Waals surface area contributed by atoms with Crippen LogP contribution in [-0.2, 0) is 19.4 Å². The number of hydrogen-bond acceptors (Lipinski definition) is 4. The maximum atomic E-state index is 10.9. The molecule has 0 bridgehead atoms. The van der Waals surface area contributed by atoms with Crippen LogP contribution in [0.5, 0.6) is 0 Å². The van der Waals surface area contributed by atoms with Gasteiger partial charge in [-0.3, -0.25) is 4.79 Å². The lowest BCUT2D eigenvalue weighted by Gasteiger charge is -2.26. The van der Waals surface area contributed by atoms with Gasteiger partial charge in [-0.25, -0.2) is 8.42 Å². The van der Waals surface area contributed by atoms with Crippen molar-refractivity contribution in [2.75, 3.05) is 25.2 Å². The summed E-state index contributed by atoms with van der Waals surface area (Å²) in [5, 5.41) is 2.53. The zero-order valence-corrected chi connectivity index (χ0v) is 7.56. The summed E-state index contributed by atoms with van der Waals surface area (Å²) in [6, 6.07) is -0.000694. The Hall–Kier alpha value is -0.620. The summed E-state index contributed by atoms with van der Waals surface area (Å²) in [5.74, 6) is -0.894. The van der Waals surface area contributed by atoms with E-state index in [2.05, 4.69) is 5.32 Å².